The minimum absolute atomic E-state index is 0.105. The zero-order valence-electron chi connectivity index (χ0n) is 16.6. The fraction of sp³-hybridized carbons (Fsp3) is 0.550. The van der Waals surface area contributed by atoms with E-state index in [0.717, 1.165) is 25.5 Å². The highest BCUT2D eigenvalue weighted by molar-refractivity contribution is 5.52. The lowest BCUT2D eigenvalue weighted by Gasteiger charge is -2.42. The van der Waals surface area contributed by atoms with Gasteiger partial charge in [-0.05, 0) is 30.9 Å². The lowest BCUT2D eigenvalue weighted by Crippen LogP contribution is -2.48. The monoisotopic (exact) mass is 377 g/mol. The Hall–Kier alpha value is -2.31. The molecule has 0 saturated heterocycles. The molecule has 1 aromatic carbocycles. The van der Waals surface area contributed by atoms with E-state index >= 15 is 0 Å². The molecule has 27 heavy (non-hydrogen) atoms. The molecule has 2 atom stereocenters. The molecule has 0 bridgehead atoms. The first-order valence-corrected chi connectivity index (χ1v) is 9.48. The molecular weight excluding hydrogens is 348 g/mol. The van der Waals surface area contributed by atoms with E-state index in [9.17, 15) is 8.78 Å². The van der Waals surface area contributed by atoms with Crippen molar-refractivity contribution in [3.8, 4) is 0 Å². The number of nitrogens with zero attached hydrogens (tertiary/aromatic N) is 5. The summed E-state index contributed by atoms with van der Waals surface area (Å²) in [6.07, 6.45) is 6.60. The standard InChI is InChI=1S/C20H29F2N5/c1-5-10-26(24-7-3)12-20(16(4)6-2,13-27-15-23-14-25-27)18-9-8-17(21)11-19(18)22/h7-9,11,14-16H,5-6,10,12-13H2,1-4H3/b24-7-/t16?,20-/m0/s1. The van der Waals surface area contributed by atoms with Crippen LogP contribution in [0.25, 0.3) is 0 Å². The van der Waals surface area contributed by atoms with Crippen LogP contribution in [0.5, 0.6) is 0 Å². The summed E-state index contributed by atoms with van der Waals surface area (Å²) in [5.41, 5.74) is -0.150. The molecule has 1 aromatic heterocycles. The molecule has 0 aliphatic carbocycles. The molecule has 0 amide bonds. The minimum Gasteiger partial charge on any atom is -0.296 e. The van der Waals surface area contributed by atoms with Gasteiger partial charge in [-0.3, -0.25) is 9.69 Å². The maximum absolute atomic E-state index is 15.0. The molecule has 5 nitrogen and oxygen atoms in total. The number of hydrogen-bond acceptors (Lipinski definition) is 4. The Morgan fingerprint density at radius 1 is 1.33 bits per heavy atom. The summed E-state index contributed by atoms with van der Waals surface area (Å²) in [5, 5.41) is 10.7. The molecule has 0 saturated carbocycles. The highest BCUT2D eigenvalue weighted by Crippen LogP contribution is 2.39. The summed E-state index contributed by atoms with van der Waals surface area (Å²) in [4.78, 5) is 4.03. The SMILES string of the molecule is C/C=N\N(CCC)C[C@@](Cn1cncn1)(c1ccc(F)cc1F)C(C)CC. The van der Waals surface area contributed by atoms with Crippen molar-refractivity contribution >= 4 is 6.21 Å². The highest BCUT2D eigenvalue weighted by atomic mass is 19.1. The Kier molecular flexibility index (Phi) is 7.45. The fourth-order valence-corrected chi connectivity index (χ4v) is 3.61. The molecule has 0 N–H and O–H groups in total. The van der Waals surface area contributed by atoms with Crippen LogP contribution in [0.15, 0.2) is 36.0 Å². The van der Waals surface area contributed by atoms with Crippen molar-refractivity contribution in [2.45, 2.75) is 52.5 Å². The molecule has 7 heteroatoms. The van der Waals surface area contributed by atoms with E-state index in [1.165, 1.54) is 12.4 Å². The fourth-order valence-electron chi connectivity index (χ4n) is 3.61. The molecule has 0 aliphatic rings. The van der Waals surface area contributed by atoms with Crippen LogP contribution in [0.2, 0.25) is 0 Å². The van der Waals surface area contributed by atoms with Gasteiger partial charge in [0.25, 0.3) is 0 Å². The van der Waals surface area contributed by atoms with Crippen molar-refractivity contribution < 1.29 is 8.78 Å². The van der Waals surface area contributed by atoms with Gasteiger partial charge in [-0.2, -0.15) is 10.2 Å². The van der Waals surface area contributed by atoms with E-state index in [0.29, 0.717) is 18.7 Å². The van der Waals surface area contributed by atoms with E-state index in [4.69, 9.17) is 0 Å². The zero-order chi connectivity index (χ0) is 19.9. The molecule has 1 heterocycles. The smallest absolute Gasteiger partial charge is 0.137 e. The zero-order valence-corrected chi connectivity index (χ0v) is 16.6. The van der Waals surface area contributed by atoms with Gasteiger partial charge in [0.1, 0.15) is 24.3 Å². The average Bonchev–Trinajstić information content (AvgIpc) is 3.13. The molecule has 0 spiro atoms. The number of aromatic nitrogens is 3. The van der Waals surface area contributed by atoms with E-state index in [1.54, 1.807) is 23.3 Å². The van der Waals surface area contributed by atoms with Crippen molar-refractivity contribution in [2.75, 3.05) is 13.1 Å². The summed E-state index contributed by atoms with van der Waals surface area (Å²) < 4.78 is 30.3. The lowest BCUT2D eigenvalue weighted by atomic mass is 9.69. The van der Waals surface area contributed by atoms with Gasteiger partial charge >= 0.3 is 0 Å². The van der Waals surface area contributed by atoms with Crippen LogP contribution in [-0.2, 0) is 12.0 Å². The number of halogens is 2. The first-order chi connectivity index (χ1) is 13.0. The second-order valence-corrected chi connectivity index (χ2v) is 6.94. The van der Waals surface area contributed by atoms with Crippen LogP contribution in [0, 0.1) is 17.6 Å². The second kappa shape index (κ2) is 9.58. The molecule has 1 unspecified atom stereocenters. The summed E-state index contributed by atoms with van der Waals surface area (Å²) in [6, 6.07) is 3.85. The maximum atomic E-state index is 15.0. The largest absolute Gasteiger partial charge is 0.296 e. The van der Waals surface area contributed by atoms with Crippen LogP contribution in [0.1, 0.15) is 46.1 Å². The van der Waals surface area contributed by atoms with E-state index in [1.807, 2.05) is 11.9 Å². The molecular formula is C20H29F2N5. The maximum Gasteiger partial charge on any atom is 0.137 e. The van der Waals surface area contributed by atoms with Crippen LogP contribution in [0.3, 0.4) is 0 Å². The van der Waals surface area contributed by atoms with Gasteiger partial charge in [-0.25, -0.2) is 13.8 Å². The lowest BCUT2D eigenvalue weighted by molar-refractivity contribution is 0.135. The molecule has 2 aromatic rings. The number of hydrazone groups is 1. The number of rotatable bonds is 10. The molecule has 0 fully saturated rings. The van der Waals surface area contributed by atoms with Gasteiger partial charge in [-0.1, -0.05) is 33.3 Å². The number of hydrogen-bond donors (Lipinski definition) is 0. The van der Waals surface area contributed by atoms with Crippen LogP contribution in [0.4, 0.5) is 8.78 Å². The predicted molar refractivity (Wildman–Crippen MR) is 104 cm³/mol. The molecule has 148 valence electrons. The van der Waals surface area contributed by atoms with Crippen molar-refractivity contribution in [2.24, 2.45) is 11.0 Å². The van der Waals surface area contributed by atoms with Gasteiger partial charge in [0.05, 0.1) is 6.54 Å². The van der Waals surface area contributed by atoms with Crippen molar-refractivity contribution in [1.29, 1.82) is 0 Å². The summed E-state index contributed by atoms with van der Waals surface area (Å²) in [7, 11) is 0. The summed E-state index contributed by atoms with van der Waals surface area (Å²) >= 11 is 0. The van der Waals surface area contributed by atoms with Crippen LogP contribution < -0.4 is 0 Å². The summed E-state index contributed by atoms with van der Waals surface area (Å²) in [5.74, 6) is -1.01. The average molecular weight is 377 g/mol. The Morgan fingerprint density at radius 2 is 2.11 bits per heavy atom. The quantitative estimate of drug-likeness (QED) is 0.459. The topological polar surface area (TPSA) is 46.3 Å². The van der Waals surface area contributed by atoms with Gasteiger partial charge in [0, 0.05) is 30.8 Å². The third kappa shape index (κ3) is 4.90. The second-order valence-electron chi connectivity index (χ2n) is 6.94. The van der Waals surface area contributed by atoms with Crippen LogP contribution in [-0.4, -0.2) is 39.1 Å². The normalized spacial score (nSPS) is 15.0. The van der Waals surface area contributed by atoms with E-state index in [2.05, 4.69) is 36.0 Å². The summed E-state index contributed by atoms with van der Waals surface area (Å²) in [6.45, 7) is 9.81. The van der Waals surface area contributed by atoms with E-state index < -0.39 is 17.0 Å². The molecule has 2 rings (SSSR count). The Morgan fingerprint density at radius 3 is 2.67 bits per heavy atom. The highest BCUT2D eigenvalue weighted by Gasteiger charge is 2.41. The Bertz CT molecular complexity index is 732. The van der Waals surface area contributed by atoms with Crippen molar-refractivity contribution in [3.05, 3.63) is 48.1 Å². The van der Waals surface area contributed by atoms with Gasteiger partial charge in [0.2, 0.25) is 0 Å². The number of benzene rings is 1. The third-order valence-electron chi connectivity index (χ3n) is 5.16. The van der Waals surface area contributed by atoms with Crippen LogP contribution >= 0.6 is 0 Å². The minimum atomic E-state index is -0.637. The van der Waals surface area contributed by atoms with Gasteiger partial charge < -0.3 is 0 Å². The Labute approximate surface area is 160 Å². The first kappa shape index (κ1) is 21.0. The van der Waals surface area contributed by atoms with Gasteiger partial charge in [0.15, 0.2) is 0 Å². The van der Waals surface area contributed by atoms with E-state index in [-0.39, 0.29) is 5.92 Å². The van der Waals surface area contributed by atoms with Gasteiger partial charge in [-0.15, -0.1) is 0 Å². The Balaban J connectivity index is 2.60. The van der Waals surface area contributed by atoms with Crippen molar-refractivity contribution in [1.82, 2.24) is 19.8 Å². The third-order valence-corrected chi connectivity index (χ3v) is 5.16. The van der Waals surface area contributed by atoms with Crippen molar-refractivity contribution in [3.63, 3.8) is 0 Å². The first-order valence-electron chi connectivity index (χ1n) is 9.48. The molecule has 0 radical (unpaired) electrons. The molecule has 0 aliphatic heterocycles. The predicted octanol–water partition coefficient (Wildman–Crippen LogP) is 4.26.